The van der Waals surface area contributed by atoms with Crippen LogP contribution in [-0.4, -0.2) is 15.0 Å². The van der Waals surface area contributed by atoms with Crippen molar-refractivity contribution < 1.29 is 8.83 Å². The molecule has 0 aliphatic rings. The first-order valence-corrected chi connectivity index (χ1v) is 13.9. The minimum absolute atomic E-state index is 0.595. The number of hydrogen-bond donors (Lipinski definition) is 0. The largest absolute Gasteiger partial charge is 0.456 e. The van der Waals surface area contributed by atoms with E-state index in [1.165, 1.54) is 5.39 Å². The van der Waals surface area contributed by atoms with Crippen molar-refractivity contribution in [1.29, 1.82) is 0 Å². The quantitative estimate of drug-likeness (QED) is 0.224. The Morgan fingerprint density at radius 3 is 1.98 bits per heavy atom. The Labute approximate surface area is 239 Å². The summed E-state index contributed by atoms with van der Waals surface area (Å²) in [6, 6.07) is 43.0. The fourth-order valence-electron chi connectivity index (χ4n) is 5.90. The zero-order chi connectivity index (χ0) is 27.6. The Morgan fingerprint density at radius 1 is 0.381 bits per heavy atom. The lowest BCUT2D eigenvalue weighted by Gasteiger charge is -2.10. The third-order valence-electron chi connectivity index (χ3n) is 7.91. The van der Waals surface area contributed by atoms with Gasteiger partial charge in [0.05, 0.1) is 0 Å². The van der Waals surface area contributed by atoms with Gasteiger partial charge in [-0.3, -0.25) is 0 Å². The molecule has 3 heterocycles. The van der Waals surface area contributed by atoms with E-state index >= 15 is 0 Å². The molecule has 0 bridgehead atoms. The standard InChI is InChI=1S/C37H21N3O2/c1-2-10-23(11-3-1)35-38-36(25-18-17-22-9-4-5-12-24(22)19-25)40-37(39-35)27-14-8-16-31-34(27)29-20-28-26-13-6-7-15-30(26)41-32(28)21-33(29)42-31/h1-21H. The predicted octanol–water partition coefficient (Wildman–Crippen LogP) is 9.82. The molecule has 196 valence electrons. The summed E-state index contributed by atoms with van der Waals surface area (Å²) in [5.74, 6) is 1.84. The van der Waals surface area contributed by atoms with Crippen molar-refractivity contribution in [3.63, 3.8) is 0 Å². The number of aromatic nitrogens is 3. The smallest absolute Gasteiger partial charge is 0.164 e. The van der Waals surface area contributed by atoms with E-state index in [4.69, 9.17) is 23.8 Å². The maximum Gasteiger partial charge on any atom is 0.164 e. The molecule has 0 aliphatic heterocycles. The van der Waals surface area contributed by atoms with E-state index in [-0.39, 0.29) is 0 Å². The molecule has 0 atom stereocenters. The second kappa shape index (κ2) is 8.85. The second-order valence-electron chi connectivity index (χ2n) is 10.5. The lowest BCUT2D eigenvalue weighted by Crippen LogP contribution is -2.00. The summed E-state index contributed by atoms with van der Waals surface area (Å²) < 4.78 is 12.5. The lowest BCUT2D eigenvalue weighted by molar-refractivity contribution is 0.656. The van der Waals surface area contributed by atoms with Gasteiger partial charge < -0.3 is 8.83 Å². The minimum Gasteiger partial charge on any atom is -0.456 e. The summed E-state index contributed by atoms with van der Waals surface area (Å²) in [6.45, 7) is 0. The van der Waals surface area contributed by atoms with E-state index in [2.05, 4.69) is 48.5 Å². The third kappa shape index (κ3) is 3.54. The van der Waals surface area contributed by atoms with E-state index < -0.39 is 0 Å². The fraction of sp³-hybridized carbons (Fsp3) is 0. The zero-order valence-corrected chi connectivity index (χ0v) is 22.3. The summed E-state index contributed by atoms with van der Waals surface area (Å²) in [5, 5.41) is 6.39. The topological polar surface area (TPSA) is 65.0 Å². The zero-order valence-electron chi connectivity index (χ0n) is 22.3. The molecule has 5 nitrogen and oxygen atoms in total. The van der Waals surface area contributed by atoms with Gasteiger partial charge in [-0.15, -0.1) is 0 Å². The van der Waals surface area contributed by atoms with E-state index in [0.29, 0.717) is 17.5 Å². The number of fused-ring (bicyclic) bond motifs is 7. The first kappa shape index (κ1) is 22.9. The molecule has 0 N–H and O–H groups in total. The summed E-state index contributed by atoms with van der Waals surface area (Å²) >= 11 is 0. The molecule has 0 saturated carbocycles. The molecule has 0 saturated heterocycles. The van der Waals surface area contributed by atoms with Gasteiger partial charge >= 0.3 is 0 Å². The average Bonchev–Trinajstić information content (AvgIpc) is 3.60. The first-order valence-electron chi connectivity index (χ1n) is 13.9. The van der Waals surface area contributed by atoms with Gasteiger partial charge in [-0.05, 0) is 35.0 Å². The Balaban J connectivity index is 1.32. The first-order chi connectivity index (χ1) is 20.8. The Bertz CT molecular complexity index is 2470. The van der Waals surface area contributed by atoms with Gasteiger partial charge in [0.1, 0.15) is 22.3 Å². The normalized spacial score (nSPS) is 11.8. The third-order valence-corrected chi connectivity index (χ3v) is 7.91. The number of para-hydroxylation sites is 1. The summed E-state index contributed by atoms with van der Waals surface area (Å²) in [7, 11) is 0. The van der Waals surface area contributed by atoms with Crippen LogP contribution in [0.25, 0.3) is 88.8 Å². The van der Waals surface area contributed by atoms with Gasteiger partial charge in [-0.25, -0.2) is 15.0 Å². The van der Waals surface area contributed by atoms with Crippen LogP contribution < -0.4 is 0 Å². The van der Waals surface area contributed by atoms with E-state index in [1.807, 2.05) is 78.9 Å². The molecular formula is C37H21N3O2. The van der Waals surface area contributed by atoms with Gasteiger partial charge in [-0.1, -0.05) is 97.1 Å². The molecular weight excluding hydrogens is 518 g/mol. The van der Waals surface area contributed by atoms with Crippen LogP contribution in [0.3, 0.4) is 0 Å². The highest BCUT2D eigenvalue weighted by molar-refractivity contribution is 6.18. The number of benzene rings is 6. The molecule has 9 rings (SSSR count). The minimum atomic E-state index is 0.595. The van der Waals surface area contributed by atoms with Gasteiger partial charge in [0.2, 0.25) is 0 Å². The maximum atomic E-state index is 6.37. The van der Waals surface area contributed by atoms with Crippen LogP contribution in [0.4, 0.5) is 0 Å². The highest BCUT2D eigenvalue weighted by atomic mass is 16.3. The lowest BCUT2D eigenvalue weighted by atomic mass is 10.0. The van der Waals surface area contributed by atoms with Gasteiger partial charge in [0.15, 0.2) is 17.5 Å². The summed E-state index contributed by atoms with van der Waals surface area (Å²) in [6.07, 6.45) is 0. The van der Waals surface area contributed by atoms with Crippen LogP contribution >= 0.6 is 0 Å². The SMILES string of the molecule is c1ccc(-c2nc(-c3ccc4ccccc4c3)nc(-c3cccc4oc5cc6oc7ccccc7c6cc5c34)n2)cc1. The Morgan fingerprint density at radius 2 is 1.07 bits per heavy atom. The van der Waals surface area contributed by atoms with Crippen molar-refractivity contribution in [3.05, 3.63) is 127 Å². The van der Waals surface area contributed by atoms with Crippen molar-refractivity contribution in [2.75, 3.05) is 0 Å². The van der Waals surface area contributed by atoms with Crippen molar-refractivity contribution >= 4 is 54.6 Å². The summed E-state index contributed by atoms with van der Waals surface area (Å²) in [5.41, 5.74) is 5.94. The van der Waals surface area contributed by atoms with Gasteiger partial charge in [-0.2, -0.15) is 0 Å². The van der Waals surface area contributed by atoms with Gasteiger partial charge in [0, 0.05) is 44.3 Å². The van der Waals surface area contributed by atoms with E-state index in [9.17, 15) is 0 Å². The Hall–Kier alpha value is -5.81. The molecule has 9 aromatic rings. The van der Waals surface area contributed by atoms with Crippen LogP contribution in [0.15, 0.2) is 136 Å². The van der Waals surface area contributed by atoms with Gasteiger partial charge in [0.25, 0.3) is 0 Å². The van der Waals surface area contributed by atoms with Crippen molar-refractivity contribution in [1.82, 2.24) is 15.0 Å². The molecule has 5 heteroatoms. The molecule has 0 aliphatic carbocycles. The molecule has 0 spiro atoms. The van der Waals surface area contributed by atoms with Crippen LogP contribution in [0.5, 0.6) is 0 Å². The van der Waals surface area contributed by atoms with Crippen LogP contribution in [-0.2, 0) is 0 Å². The van der Waals surface area contributed by atoms with Crippen molar-refractivity contribution in [2.45, 2.75) is 0 Å². The van der Waals surface area contributed by atoms with Crippen molar-refractivity contribution in [3.8, 4) is 34.2 Å². The molecule has 0 radical (unpaired) electrons. The fourth-order valence-corrected chi connectivity index (χ4v) is 5.90. The maximum absolute atomic E-state index is 6.37. The molecule has 0 fully saturated rings. The highest BCUT2D eigenvalue weighted by Gasteiger charge is 2.19. The number of furan rings is 2. The molecule has 42 heavy (non-hydrogen) atoms. The number of hydrogen-bond acceptors (Lipinski definition) is 5. The van der Waals surface area contributed by atoms with Crippen molar-refractivity contribution in [2.24, 2.45) is 0 Å². The molecule has 3 aromatic heterocycles. The average molecular weight is 540 g/mol. The second-order valence-corrected chi connectivity index (χ2v) is 10.5. The highest BCUT2D eigenvalue weighted by Crippen LogP contribution is 2.40. The van der Waals surface area contributed by atoms with E-state index in [0.717, 1.165) is 66.0 Å². The molecule has 0 amide bonds. The van der Waals surface area contributed by atoms with Crippen LogP contribution in [0.1, 0.15) is 0 Å². The monoisotopic (exact) mass is 539 g/mol. The van der Waals surface area contributed by atoms with E-state index in [1.54, 1.807) is 0 Å². The molecule has 6 aromatic carbocycles. The summed E-state index contributed by atoms with van der Waals surface area (Å²) in [4.78, 5) is 15.0. The number of nitrogens with zero attached hydrogens (tertiary/aromatic N) is 3. The predicted molar refractivity (Wildman–Crippen MR) is 168 cm³/mol. The van der Waals surface area contributed by atoms with Crippen LogP contribution in [0, 0.1) is 0 Å². The molecule has 0 unspecified atom stereocenters. The Kier molecular flexibility index (Phi) is 4.83. The van der Waals surface area contributed by atoms with Crippen LogP contribution in [0.2, 0.25) is 0 Å². The number of rotatable bonds is 3.